The van der Waals surface area contributed by atoms with E-state index in [1.807, 2.05) is 18.2 Å². The summed E-state index contributed by atoms with van der Waals surface area (Å²) in [5, 5.41) is 12.4. The largest absolute Gasteiger partial charge is 0.497 e. The van der Waals surface area contributed by atoms with Crippen LogP contribution in [0.3, 0.4) is 0 Å². The fraction of sp³-hybridized carbons (Fsp3) is 0.500. The molecule has 2 aromatic rings. The number of hydrogen-bond acceptors (Lipinski definition) is 6. The van der Waals surface area contributed by atoms with Crippen molar-refractivity contribution in [2.45, 2.75) is 19.4 Å². The molecule has 1 atom stereocenters. The molecule has 1 saturated heterocycles. The average Bonchev–Trinajstić information content (AvgIpc) is 3.09. The highest BCUT2D eigenvalue weighted by Gasteiger charge is 2.20. The molecule has 0 radical (unpaired) electrons. The van der Waals surface area contributed by atoms with E-state index >= 15 is 0 Å². The van der Waals surface area contributed by atoms with Crippen molar-refractivity contribution in [2.75, 3.05) is 33.9 Å². The number of benzene rings is 1. The van der Waals surface area contributed by atoms with Crippen molar-refractivity contribution in [3.05, 3.63) is 29.3 Å². The SMILES string of the molecule is COc1ccc(-c2nc(CN3CCCC(CO)C3)cs2)c(OC)c1. The number of methoxy groups -OCH3 is 2. The van der Waals surface area contributed by atoms with E-state index in [2.05, 4.69) is 10.3 Å². The predicted molar refractivity (Wildman–Crippen MR) is 95.7 cm³/mol. The molecule has 1 aliphatic rings. The molecule has 1 fully saturated rings. The maximum absolute atomic E-state index is 9.36. The Balaban J connectivity index is 1.73. The molecule has 1 aliphatic heterocycles. The number of rotatable bonds is 6. The standard InChI is InChI=1S/C18H24N2O3S/c1-22-15-5-6-16(17(8-15)23-2)18-19-14(12-24-18)10-20-7-3-4-13(9-20)11-21/h5-6,8,12-13,21H,3-4,7,9-11H2,1-2H3. The van der Waals surface area contributed by atoms with E-state index in [1.165, 1.54) is 0 Å². The fourth-order valence-electron chi connectivity index (χ4n) is 3.15. The van der Waals surface area contributed by atoms with Crippen LogP contribution in [0.2, 0.25) is 0 Å². The summed E-state index contributed by atoms with van der Waals surface area (Å²) in [6, 6.07) is 5.80. The van der Waals surface area contributed by atoms with Crippen LogP contribution in [0, 0.1) is 5.92 Å². The number of aliphatic hydroxyl groups excluding tert-OH is 1. The molecule has 0 spiro atoms. The van der Waals surface area contributed by atoms with Gasteiger partial charge in [-0.2, -0.15) is 0 Å². The molecule has 3 rings (SSSR count). The van der Waals surface area contributed by atoms with Gasteiger partial charge in [0.15, 0.2) is 0 Å². The van der Waals surface area contributed by atoms with Gasteiger partial charge < -0.3 is 14.6 Å². The molecule has 0 amide bonds. The van der Waals surface area contributed by atoms with Crippen LogP contribution < -0.4 is 9.47 Å². The Bertz CT molecular complexity index is 674. The van der Waals surface area contributed by atoms with Gasteiger partial charge in [-0.25, -0.2) is 4.98 Å². The molecule has 6 heteroatoms. The van der Waals surface area contributed by atoms with Gasteiger partial charge in [-0.1, -0.05) is 0 Å². The van der Waals surface area contributed by atoms with Crippen molar-refractivity contribution < 1.29 is 14.6 Å². The molecule has 1 aromatic heterocycles. The highest BCUT2D eigenvalue weighted by molar-refractivity contribution is 7.13. The normalized spacial score (nSPS) is 18.5. The molecule has 2 heterocycles. The number of nitrogens with zero attached hydrogens (tertiary/aromatic N) is 2. The van der Waals surface area contributed by atoms with Gasteiger partial charge in [0.05, 0.1) is 25.5 Å². The van der Waals surface area contributed by atoms with E-state index in [9.17, 15) is 5.11 Å². The van der Waals surface area contributed by atoms with E-state index in [0.29, 0.717) is 5.92 Å². The molecule has 0 aliphatic carbocycles. The molecular weight excluding hydrogens is 324 g/mol. The van der Waals surface area contributed by atoms with Gasteiger partial charge >= 0.3 is 0 Å². The summed E-state index contributed by atoms with van der Waals surface area (Å²) < 4.78 is 10.7. The van der Waals surface area contributed by atoms with Crippen molar-refractivity contribution in [2.24, 2.45) is 5.92 Å². The van der Waals surface area contributed by atoms with Crippen LogP contribution in [0.4, 0.5) is 0 Å². The van der Waals surface area contributed by atoms with Crippen LogP contribution in [0.15, 0.2) is 23.6 Å². The first kappa shape index (κ1) is 17.2. The highest BCUT2D eigenvalue weighted by Crippen LogP contribution is 2.35. The Morgan fingerprint density at radius 3 is 2.96 bits per heavy atom. The van der Waals surface area contributed by atoms with Crippen LogP contribution in [0.1, 0.15) is 18.5 Å². The van der Waals surface area contributed by atoms with Crippen molar-refractivity contribution >= 4 is 11.3 Å². The van der Waals surface area contributed by atoms with Gasteiger partial charge in [-0.3, -0.25) is 4.90 Å². The lowest BCUT2D eigenvalue weighted by Gasteiger charge is -2.31. The number of ether oxygens (including phenoxy) is 2. The highest BCUT2D eigenvalue weighted by atomic mass is 32.1. The summed E-state index contributed by atoms with van der Waals surface area (Å²) in [7, 11) is 3.31. The Labute approximate surface area is 146 Å². The summed E-state index contributed by atoms with van der Waals surface area (Å²) >= 11 is 1.63. The summed E-state index contributed by atoms with van der Waals surface area (Å²) in [6.45, 7) is 3.15. The fourth-order valence-corrected chi connectivity index (χ4v) is 3.99. The second-order valence-corrected chi connectivity index (χ2v) is 6.99. The first-order valence-electron chi connectivity index (χ1n) is 8.23. The van der Waals surface area contributed by atoms with E-state index in [0.717, 1.165) is 60.2 Å². The zero-order valence-corrected chi connectivity index (χ0v) is 15.0. The van der Waals surface area contributed by atoms with E-state index in [-0.39, 0.29) is 6.61 Å². The van der Waals surface area contributed by atoms with Crippen molar-refractivity contribution in [1.29, 1.82) is 0 Å². The van der Waals surface area contributed by atoms with Crippen LogP contribution in [-0.4, -0.2) is 48.9 Å². The Morgan fingerprint density at radius 1 is 1.33 bits per heavy atom. The number of likely N-dealkylation sites (tertiary alicyclic amines) is 1. The third-order valence-electron chi connectivity index (χ3n) is 4.44. The molecule has 0 saturated carbocycles. The van der Waals surface area contributed by atoms with Crippen molar-refractivity contribution in [1.82, 2.24) is 9.88 Å². The van der Waals surface area contributed by atoms with E-state index < -0.39 is 0 Å². The quantitative estimate of drug-likeness (QED) is 0.870. The second kappa shape index (κ2) is 7.96. The van der Waals surface area contributed by atoms with Gasteiger partial charge in [0.2, 0.25) is 0 Å². The first-order chi connectivity index (χ1) is 11.7. The molecule has 1 N–H and O–H groups in total. The Hall–Kier alpha value is -1.63. The molecule has 5 nitrogen and oxygen atoms in total. The topological polar surface area (TPSA) is 54.8 Å². The van der Waals surface area contributed by atoms with Gasteiger partial charge in [0.25, 0.3) is 0 Å². The van der Waals surface area contributed by atoms with Crippen LogP contribution >= 0.6 is 11.3 Å². The molecule has 1 aromatic carbocycles. The lowest BCUT2D eigenvalue weighted by atomic mass is 9.99. The summed E-state index contributed by atoms with van der Waals surface area (Å²) in [4.78, 5) is 7.17. The molecule has 0 bridgehead atoms. The Kier molecular flexibility index (Phi) is 5.71. The van der Waals surface area contributed by atoms with Gasteiger partial charge in [0, 0.05) is 31.1 Å². The minimum Gasteiger partial charge on any atom is -0.497 e. The van der Waals surface area contributed by atoms with Crippen LogP contribution in [0.25, 0.3) is 10.6 Å². The lowest BCUT2D eigenvalue weighted by molar-refractivity contribution is 0.115. The zero-order valence-electron chi connectivity index (χ0n) is 14.2. The predicted octanol–water partition coefficient (Wildman–Crippen LogP) is 3.03. The maximum atomic E-state index is 9.36. The smallest absolute Gasteiger partial charge is 0.132 e. The van der Waals surface area contributed by atoms with E-state index in [4.69, 9.17) is 14.5 Å². The summed E-state index contributed by atoms with van der Waals surface area (Å²) in [5.74, 6) is 1.95. The minimum atomic E-state index is 0.280. The first-order valence-corrected chi connectivity index (χ1v) is 9.11. The number of hydrogen-bond donors (Lipinski definition) is 1. The molecule has 130 valence electrons. The monoisotopic (exact) mass is 348 g/mol. The zero-order chi connectivity index (χ0) is 16.9. The number of aliphatic hydroxyl groups is 1. The molecule has 1 unspecified atom stereocenters. The molecular formula is C18H24N2O3S. The van der Waals surface area contributed by atoms with Crippen molar-refractivity contribution in [3.63, 3.8) is 0 Å². The average molecular weight is 348 g/mol. The lowest BCUT2D eigenvalue weighted by Crippen LogP contribution is -2.36. The third-order valence-corrected chi connectivity index (χ3v) is 5.36. The number of aromatic nitrogens is 1. The Morgan fingerprint density at radius 2 is 2.21 bits per heavy atom. The van der Waals surface area contributed by atoms with Crippen LogP contribution in [-0.2, 0) is 6.54 Å². The third kappa shape index (κ3) is 3.88. The summed E-state index contributed by atoms with van der Waals surface area (Å²) in [6.07, 6.45) is 2.27. The van der Waals surface area contributed by atoms with Crippen LogP contribution in [0.5, 0.6) is 11.5 Å². The van der Waals surface area contributed by atoms with Gasteiger partial charge in [0.1, 0.15) is 16.5 Å². The number of thiazole rings is 1. The number of piperidine rings is 1. The summed E-state index contributed by atoms with van der Waals surface area (Å²) in [5.41, 5.74) is 2.06. The maximum Gasteiger partial charge on any atom is 0.132 e. The second-order valence-electron chi connectivity index (χ2n) is 6.14. The van der Waals surface area contributed by atoms with Gasteiger partial charge in [-0.05, 0) is 37.4 Å². The molecule has 24 heavy (non-hydrogen) atoms. The van der Waals surface area contributed by atoms with Gasteiger partial charge in [-0.15, -0.1) is 11.3 Å². The van der Waals surface area contributed by atoms with E-state index in [1.54, 1.807) is 25.6 Å². The van der Waals surface area contributed by atoms with Crippen molar-refractivity contribution in [3.8, 4) is 22.1 Å². The minimum absolute atomic E-state index is 0.280.